The molecule has 3 saturated heterocycles. The molecule has 0 radical (unpaired) electrons. The molecule has 0 spiro atoms. The zero-order valence-corrected chi connectivity index (χ0v) is 18.6. The van der Waals surface area contributed by atoms with Crippen molar-refractivity contribution in [1.82, 2.24) is 10.2 Å². The second-order valence-electron chi connectivity index (χ2n) is 8.48. The lowest BCUT2D eigenvalue weighted by molar-refractivity contribution is -0.154. The number of carbonyl (C=O) groups is 4. The van der Waals surface area contributed by atoms with Crippen LogP contribution in [0, 0.1) is 11.8 Å². The van der Waals surface area contributed by atoms with E-state index in [1.165, 1.54) is 7.11 Å². The van der Waals surface area contributed by atoms with E-state index in [9.17, 15) is 19.2 Å². The molecule has 0 saturated carbocycles. The lowest BCUT2D eigenvalue weighted by Gasteiger charge is -2.45. The molecule has 3 aliphatic rings. The van der Waals surface area contributed by atoms with Crippen LogP contribution < -0.4 is 10.2 Å². The molecule has 3 amide bonds. The van der Waals surface area contributed by atoms with E-state index in [1.807, 2.05) is 35.2 Å². The van der Waals surface area contributed by atoms with Crippen LogP contribution in [0.1, 0.15) is 18.0 Å². The SMILES string of the molecule is COC(=O)C[C@]12C(=O)NCCN1[C@@H](c1ccccc1)[C@H]1C(=O)N(c3cccc(Cl)c3)C(=O)[C@@H]12. The van der Waals surface area contributed by atoms with Crippen LogP contribution in [0.15, 0.2) is 54.6 Å². The number of nitrogens with zero attached hydrogens (tertiary/aromatic N) is 2. The van der Waals surface area contributed by atoms with Crippen molar-refractivity contribution >= 4 is 41.0 Å². The molecule has 3 heterocycles. The first-order valence-corrected chi connectivity index (χ1v) is 11.1. The number of hydrogen-bond donors (Lipinski definition) is 1. The molecule has 9 heteroatoms. The van der Waals surface area contributed by atoms with Gasteiger partial charge in [0.2, 0.25) is 17.7 Å². The van der Waals surface area contributed by atoms with Crippen molar-refractivity contribution < 1.29 is 23.9 Å². The number of benzene rings is 2. The van der Waals surface area contributed by atoms with Gasteiger partial charge in [0.05, 0.1) is 31.1 Å². The Morgan fingerprint density at radius 1 is 1.12 bits per heavy atom. The first kappa shape index (κ1) is 21.6. The molecule has 2 aromatic carbocycles. The smallest absolute Gasteiger partial charge is 0.307 e. The molecule has 8 nitrogen and oxygen atoms in total. The predicted octanol–water partition coefficient (Wildman–Crippen LogP) is 1.93. The number of anilines is 1. The van der Waals surface area contributed by atoms with Crippen molar-refractivity contribution in [2.75, 3.05) is 25.1 Å². The number of methoxy groups -OCH3 is 1. The molecule has 5 rings (SSSR count). The molecule has 2 aromatic rings. The van der Waals surface area contributed by atoms with Crippen molar-refractivity contribution in [1.29, 1.82) is 0 Å². The molecule has 4 atom stereocenters. The van der Waals surface area contributed by atoms with Crippen LogP contribution in [0.4, 0.5) is 5.69 Å². The second-order valence-corrected chi connectivity index (χ2v) is 8.91. The van der Waals surface area contributed by atoms with Gasteiger partial charge in [-0.3, -0.25) is 24.1 Å². The Bertz CT molecular complexity index is 1160. The highest BCUT2D eigenvalue weighted by Crippen LogP contribution is 2.57. The number of carbonyl (C=O) groups excluding carboxylic acids is 4. The Balaban J connectivity index is 1.71. The number of esters is 1. The minimum atomic E-state index is -1.53. The number of piperazine rings is 1. The van der Waals surface area contributed by atoms with Crippen LogP contribution >= 0.6 is 11.6 Å². The van der Waals surface area contributed by atoms with Gasteiger partial charge in [-0.2, -0.15) is 0 Å². The van der Waals surface area contributed by atoms with E-state index in [1.54, 1.807) is 24.3 Å². The van der Waals surface area contributed by atoms with Gasteiger partial charge in [0.1, 0.15) is 5.54 Å². The van der Waals surface area contributed by atoms with Gasteiger partial charge in [-0.25, -0.2) is 4.90 Å². The summed E-state index contributed by atoms with van der Waals surface area (Å²) in [6, 6.07) is 15.3. The number of nitrogens with one attached hydrogen (secondary N) is 1. The first-order valence-electron chi connectivity index (χ1n) is 10.7. The van der Waals surface area contributed by atoms with Crippen LogP contribution in [-0.4, -0.2) is 54.3 Å². The largest absolute Gasteiger partial charge is 0.469 e. The van der Waals surface area contributed by atoms with Crippen molar-refractivity contribution in [2.45, 2.75) is 18.0 Å². The van der Waals surface area contributed by atoms with Crippen LogP contribution in [0.25, 0.3) is 0 Å². The molecule has 0 unspecified atom stereocenters. The van der Waals surface area contributed by atoms with Crippen LogP contribution in [0.3, 0.4) is 0 Å². The summed E-state index contributed by atoms with van der Waals surface area (Å²) in [5.74, 6) is -3.88. The van der Waals surface area contributed by atoms with Crippen molar-refractivity contribution in [2.24, 2.45) is 11.8 Å². The Morgan fingerprint density at radius 2 is 1.88 bits per heavy atom. The zero-order chi connectivity index (χ0) is 23.3. The summed E-state index contributed by atoms with van der Waals surface area (Å²) < 4.78 is 4.91. The molecule has 33 heavy (non-hydrogen) atoms. The third kappa shape index (κ3) is 3.08. The van der Waals surface area contributed by atoms with E-state index in [0.29, 0.717) is 23.8 Å². The zero-order valence-electron chi connectivity index (χ0n) is 17.9. The van der Waals surface area contributed by atoms with Crippen molar-refractivity contribution in [3.8, 4) is 0 Å². The third-order valence-electron chi connectivity index (χ3n) is 6.93. The highest BCUT2D eigenvalue weighted by molar-refractivity contribution is 6.31. The highest BCUT2D eigenvalue weighted by Gasteiger charge is 2.73. The minimum absolute atomic E-state index is 0.331. The average Bonchev–Trinajstić information content (AvgIpc) is 3.25. The highest BCUT2D eigenvalue weighted by atomic mass is 35.5. The van der Waals surface area contributed by atoms with Crippen LogP contribution in [0.5, 0.6) is 0 Å². The summed E-state index contributed by atoms with van der Waals surface area (Å²) in [5, 5.41) is 3.20. The van der Waals surface area contributed by atoms with Crippen molar-refractivity contribution in [3.63, 3.8) is 0 Å². The van der Waals surface area contributed by atoms with Gasteiger partial charge in [-0.1, -0.05) is 48.0 Å². The molecule has 170 valence electrons. The van der Waals surface area contributed by atoms with E-state index in [0.717, 1.165) is 10.5 Å². The number of rotatable bonds is 4. The van der Waals surface area contributed by atoms with E-state index < -0.39 is 47.1 Å². The number of hydrogen-bond acceptors (Lipinski definition) is 6. The molecule has 0 aliphatic carbocycles. The van der Waals surface area contributed by atoms with Crippen molar-refractivity contribution in [3.05, 3.63) is 65.2 Å². The summed E-state index contributed by atoms with van der Waals surface area (Å²) in [6.07, 6.45) is -0.331. The van der Waals surface area contributed by atoms with Gasteiger partial charge in [-0.05, 0) is 23.8 Å². The second kappa shape index (κ2) is 7.97. The number of fused-ring (bicyclic) bond motifs is 3. The van der Waals surface area contributed by atoms with E-state index in [4.69, 9.17) is 16.3 Å². The molecular formula is C24H22ClN3O5. The molecule has 3 fully saturated rings. The standard InChI is InChI=1S/C24H22ClN3O5/c1-33-17(29)13-24-19-18(21(30)28(22(19)31)16-9-5-8-15(25)12-16)20(14-6-3-2-4-7-14)27(24)11-10-26-23(24)32/h2-9,12,18-20H,10-11,13H2,1H3,(H,26,32)/t18-,19+,20-,24-/m0/s1. The molecule has 3 aliphatic heterocycles. The van der Waals surface area contributed by atoms with Gasteiger partial charge < -0.3 is 10.1 Å². The summed E-state index contributed by atoms with van der Waals surface area (Å²) in [4.78, 5) is 56.6. The summed E-state index contributed by atoms with van der Waals surface area (Å²) >= 11 is 6.13. The molecular weight excluding hydrogens is 446 g/mol. The lowest BCUT2D eigenvalue weighted by atomic mass is 9.76. The van der Waals surface area contributed by atoms with Crippen LogP contribution in [-0.2, 0) is 23.9 Å². The lowest BCUT2D eigenvalue weighted by Crippen LogP contribution is -2.67. The molecule has 0 bridgehead atoms. The Hall–Kier alpha value is -3.23. The van der Waals surface area contributed by atoms with Gasteiger partial charge >= 0.3 is 5.97 Å². The Kier molecular flexibility index (Phi) is 5.22. The average molecular weight is 468 g/mol. The normalized spacial score (nSPS) is 29.0. The van der Waals surface area contributed by atoms with E-state index in [2.05, 4.69) is 5.32 Å². The Labute approximate surface area is 195 Å². The Morgan fingerprint density at radius 3 is 2.58 bits per heavy atom. The number of amides is 3. The van der Waals surface area contributed by atoms with Gasteiger partial charge in [-0.15, -0.1) is 0 Å². The van der Waals surface area contributed by atoms with Crippen LogP contribution in [0.2, 0.25) is 5.02 Å². The van der Waals surface area contributed by atoms with E-state index in [-0.39, 0.29) is 6.42 Å². The summed E-state index contributed by atoms with van der Waals surface area (Å²) in [5.41, 5.74) is -0.380. The molecule has 1 N–H and O–H groups in total. The quantitative estimate of drug-likeness (QED) is 0.545. The summed E-state index contributed by atoms with van der Waals surface area (Å²) in [6.45, 7) is 0.748. The number of halogens is 1. The number of imide groups is 1. The fraction of sp³-hybridized carbons (Fsp3) is 0.333. The summed E-state index contributed by atoms with van der Waals surface area (Å²) in [7, 11) is 1.24. The first-order chi connectivity index (χ1) is 15.9. The van der Waals surface area contributed by atoms with Gasteiger partial charge in [0, 0.05) is 24.2 Å². The maximum Gasteiger partial charge on any atom is 0.307 e. The topological polar surface area (TPSA) is 96.0 Å². The van der Waals surface area contributed by atoms with Gasteiger partial charge in [0.25, 0.3) is 0 Å². The maximum absolute atomic E-state index is 13.9. The molecule has 0 aromatic heterocycles. The fourth-order valence-electron chi connectivity index (χ4n) is 5.68. The van der Waals surface area contributed by atoms with Gasteiger partial charge in [0.15, 0.2) is 0 Å². The fourth-order valence-corrected chi connectivity index (χ4v) is 5.86. The maximum atomic E-state index is 13.9. The third-order valence-corrected chi connectivity index (χ3v) is 7.17. The predicted molar refractivity (Wildman–Crippen MR) is 119 cm³/mol. The van der Waals surface area contributed by atoms with E-state index >= 15 is 0 Å². The minimum Gasteiger partial charge on any atom is -0.469 e. The monoisotopic (exact) mass is 467 g/mol. The number of ether oxygens (including phenoxy) is 1.